The fourth-order valence-electron chi connectivity index (χ4n) is 5.44. The van der Waals surface area contributed by atoms with Crippen molar-refractivity contribution in [3.63, 3.8) is 0 Å². The smallest absolute Gasteiger partial charge is 0.243 e. The number of hydrogen-bond donors (Lipinski definition) is 2. The van der Waals surface area contributed by atoms with Gasteiger partial charge in [0.1, 0.15) is 6.04 Å². The molecule has 0 aliphatic heterocycles. The number of sulfonamides is 1. The third-order valence-electron chi connectivity index (χ3n) is 7.86. The van der Waals surface area contributed by atoms with Gasteiger partial charge in [0.05, 0.1) is 4.90 Å². The van der Waals surface area contributed by atoms with Gasteiger partial charge in [0.15, 0.2) is 0 Å². The van der Waals surface area contributed by atoms with E-state index in [2.05, 4.69) is 16.1 Å². The molecule has 1 aliphatic rings. The quantitative estimate of drug-likeness (QED) is 0.194. The van der Waals surface area contributed by atoms with Crippen molar-refractivity contribution in [3.05, 3.63) is 112 Å². The molecule has 0 heterocycles. The van der Waals surface area contributed by atoms with Crippen LogP contribution in [0.4, 0.5) is 0 Å². The first-order valence-electron chi connectivity index (χ1n) is 15.4. The predicted octanol–water partition coefficient (Wildman–Crippen LogP) is 6.22. The van der Waals surface area contributed by atoms with Crippen LogP contribution in [0.15, 0.2) is 95.4 Å². The van der Waals surface area contributed by atoms with Crippen LogP contribution in [0.25, 0.3) is 0 Å². The van der Waals surface area contributed by atoms with Gasteiger partial charge in [-0.1, -0.05) is 84.8 Å². The van der Waals surface area contributed by atoms with Crippen molar-refractivity contribution < 1.29 is 18.0 Å². The molecule has 1 aliphatic carbocycles. The zero-order valence-electron chi connectivity index (χ0n) is 25.3. The molecule has 2 N–H and O–H groups in total. The number of nitrogens with zero attached hydrogens (tertiary/aromatic N) is 1. The van der Waals surface area contributed by atoms with E-state index in [9.17, 15) is 18.0 Å². The molecule has 7 nitrogen and oxygen atoms in total. The number of rotatable bonds is 15. The van der Waals surface area contributed by atoms with Gasteiger partial charge >= 0.3 is 0 Å². The molecule has 3 aromatic carbocycles. The minimum Gasteiger partial charge on any atom is -0.354 e. The van der Waals surface area contributed by atoms with Crippen LogP contribution in [0.2, 0.25) is 5.02 Å². The van der Waals surface area contributed by atoms with E-state index in [-0.39, 0.29) is 29.7 Å². The third-order valence-corrected chi connectivity index (χ3v) is 9.68. The van der Waals surface area contributed by atoms with E-state index in [1.165, 1.54) is 18.4 Å². The number of amides is 2. The SMILES string of the molecule is CCNS(=O)(=O)c1ccc(CCC(=O)N(Cc2ccc(Cl)cc2)C(Cc2ccccc2)C(=O)NCCC2=CCCCC2)cc1. The average Bonchev–Trinajstić information content (AvgIpc) is 3.03. The second kappa shape index (κ2) is 16.6. The molecule has 2 amide bonds. The second-order valence-corrected chi connectivity index (χ2v) is 13.4. The summed E-state index contributed by atoms with van der Waals surface area (Å²) in [5.74, 6) is -0.332. The third kappa shape index (κ3) is 10.0. The standard InChI is InChI=1S/C35H42ClN3O4S/c1-2-38-44(42,43)32-20-15-28(16-21-32)17-22-34(40)39(26-30-13-18-31(36)19-14-30)33(25-29-11-7-4-8-12-29)35(41)37-24-23-27-9-5-3-6-10-27/h4,7-9,11-16,18-21,33,38H,2-3,5-6,10,17,22-26H2,1H3,(H,37,41). The van der Waals surface area contributed by atoms with E-state index in [1.54, 1.807) is 48.2 Å². The minimum atomic E-state index is -3.56. The molecule has 0 fully saturated rings. The number of allylic oxidation sites excluding steroid dienone is 1. The lowest BCUT2D eigenvalue weighted by Gasteiger charge is -2.32. The fraction of sp³-hybridized carbons (Fsp3) is 0.371. The van der Waals surface area contributed by atoms with Gasteiger partial charge in [0.2, 0.25) is 21.8 Å². The van der Waals surface area contributed by atoms with E-state index in [4.69, 9.17) is 11.6 Å². The van der Waals surface area contributed by atoms with Crippen LogP contribution in [0.1, 0.15) is 62.1 Å². The van der Waals surface area contributed by atoms with Gasteiger partial charge in [-0.05, 0) is 79.5 Å². The van der Waals surface area contributed by atoms with Crippen LogP contribution in [-0.4, -0.2) is 44.3 Å². The number of carbonyl (C=O) groups excluding carboxylic acids is 2. The predicted molar refractivity (Wildman–Crippen MR) is 176 cm³/mol. The number of nitrogens with one attached hydrogen (secondary N) is 2. The maximum absolute atomic E-state index is 14.0. The van der Waals surface area contributed by atoms with Crippen molar-refractivity contribution >= 4 is 33.4 Å². The Morgan fingerprint density at radius 3 is 2.25 bits per heavy atom. The van der Waals surface area contributed by atoms with Gasteiger partial charge < -0.3 is 10.2 Å². The maximum atomic E-state index is 14.0. The summed E-state index contributed by atoms with van der Waals surface area (Å²) < 4.78 is 27.1. The van der Waals surface area contributed by atoms with Crippen LogP contribution in [0.3, 0.4) is 0 Å². The first-order valence-corrected chi connectivity index (χ1v) is 17.2. The molecule has 0 saturated carbocycles. The lowest BCUT2D eigenvalue weighted by Crippen LogP contribution is -2.50. The Morgan fingerprint density at radius 2 is 1.59 bits per heavy atom. The zero-order valence-corrected chi connectivity index (χ0v) is 26.9. The summed E-state index contributed by atoms with van der Waals surface area (Å²) in [6, 6.07) is 22.9. The Balaban J connectivity index is 1.54. The van der Waals surface area contributed by atoms with Crippen LogP contribution in [-0.2, 0) is 39.0 Å². The Labute approximate surface area is 266 Å². The van der Waals surface area contributed by atoms with Crippen molar-refractivity contribution in [2.24, 2.45) is 0 Å². The van der Waals surface area contributed by atoms with Gasteiger partial charge in [-0.2, -0.15) is 0 Å². The Kier molecular flexibility index (Phi) is 12.6. The van der Waals surface area contributed by atoms with E-state index < -0.39 is 16.1 Å². The second-order valence-electron chi connectivity index (χ2n) is 11.1. The van der Waals surface area contributed by atoms with Crippen molar-refractivity contribution in [1.82, 2.24) is 14.9 Å². The Bertz CT molecular complexity index is 1510. The molecule has 9 heteroatoms. The first-order chi connectivity index (χ1) is 21.2. The Morgan fingerprint density at radius 1 is 0.886 bits per heavy atom. The largest absolute Gasteiger partial charge is 0.354 e. The monoisotopic (exact) mass is 635 g/mol. The van der Waals surface area contributed by atoms with E-state index in [1.807, 2.05) is 42.5 Å². The summed E-state index contributed by atoms with van der Waals surface area (Å²) in [7, 11) is -3.56. The molecule has 1 atom stereocenters. The van der Waals surface area contributed by atoms with Crippen LogP contribution in [0, 0.1) is 0 Å². The van der Waals surface area contributed by atoms with Gasteiger partial charge in [-0.3, -0.25) is 9.59 Å². The van der Waals surface area contributed by atoms with Crippen molar-refractivity contribution in [2.75, 3.05) is 13.1 Å². The summed E-state index contributed by atoms with van der Waals surface area (Å²) in [5.41, 5.74) is 4.06. The summed E-state index contributed by atoms with van der Waals surface area (Å²) in [5, 5.41) is 3.73. The van der Waals surface area contributed by atoms with Gasteiger partial charge in [0.25, 0.3) is 0 Å². The van der Waals surface area contributed by atoms with Gasteiger partial charge in [0, 0.05) is 37.5 Å². The molecular formula is C35H42ClN3O4S. The molecule has 0 saturated heterocycles. The number of aryl methyl sites for hydroxylation is 1. The number of carbonyl (C=O) groups is 2. The van der Waals surface area contributed by atoms with E-state index in [0.29, 0.717) is 31.0 Å². The summed E-state index contributed by atoms with van der Waals surface area (Å²) >= 11 is 6.14. The molecule has 0 spiro atoms. The molecule has 1 unspecified atom stereocenters. The molecule has 4 rings (SSSR count). The van der Waals surface area contributed by atoms with Crippen LogP contribution in [0.5, 0.6) is 0 Å². The normalized spacial score (nSPS) is 14.0. The number of halogens is 1. The average molecular weight is 636 g/mol. The van der Waals surface area contributed by atoms with Crippen molar-refractivity contribution in [3.8, 4) is 0 Å². The lowest BCUT2D eigenvalue weighted by molar-refractivity contribution is -0.141. The Hall–Kier alpha value is -3.46. The zero-order chi connectivity index (χ0) is 31.4. The lowest BCUT2D eigenvalue weighted by atomic mass is 9.97. The van der Waals surface area contributed by atoms with Crippen LogP contribution >= 0.6 is 11.6 Å². The number of benzene rings is 3. The highest BCUT2D eigenvalue weighted by Crippen LogP contribution is 2.21. The minimum absolute atomic E-state index is 0.157. The molecule has 0 bridgehead atoms. The van der Waals surface area contributed by atoms with Crippen LogP contribution < -0.4 is 10.0 Å². The van der Waals surface area contributed by atoms with Gasteiger partial charge in [-0.15, -0.1) is 0 Å². The highest BCUT2D eigenvalue weighted by molar-refractivity contribution is 7.89. The molecule has 0 radical (unpaired) electrons. The van der Waals surface area contributed by atoms with E-state index >= 15 is 0 Å². The van der Waals surface area contributed by atoms with Crippen molar-refractivity contribution in [2.45, 2.75) is 75.8 Å². The van der Waals surface area contributed by atoms with Gasteiger partial charge in [-0.25, -0.2) is 13.1 Å². The van der Waals surface area contributed by atoms with Crippen molar-refractivity contribution in [1.29, 1.82) is 0 Å². The van der Waals surface area contributed by atoms with E-state index in [0.717, 1.165) is 36.0 Å². The number of hydrogen-bond acceptors (Lipinski definition) is 4. The molecule has 234 valence electrons. The molecule has 44 heavy (non-hydrogen) atoms. The molecular weight excluding hydrogens is 594 g/mol. The summed E-state index contributed by atoms with van der Waals surface area (Å²) in [6.07, 6.45) is 8.63. The highest BCUT2D eigenvalue weighted by Gasteiger charge is 2.30. The first kappa shape index (κ1) is 33.4. The molecule has 3 aromatic rings. The summed E-state index contributed by atoms with van der Waals surface area (Å²) in [6.45, 7) is 2.82. The summed E-state index contributed by atoms with van der Waals surface area (Å²) in [4.78, 5) is 29.7. The highest BCUT2D eigenvalue weighted by atomic mass is 35.5. The molecule has 0 aromatic heterocycles. The fourth-order valence-corrected chi connectivity index (χ4v) is 6.61. The maximum Gasteiger partial charge on any atom is 0.243 e. The topological polar surface area (TPSA) is 95.6 Å².